The van der Waals surface area contributed by atoms with Crippen LogP contribution in [0.25, 0.3) is 10.4 Å². The molecule has 0 amide bonds. The van der Waals surface area contributed by atoms with Gasteiger partial charge in [0.25, 0.3) is 0 Å². The van der Waals surface area contributed by atoms with Crippen LogP contribution in [-0.4, -0.2) is 13.2 Å². The van der Waals surface area contributed by atoms with Gasteiger partial charge in [-0.25, -0.2) is 0 Å². The van der Waals surface area contributed by atoms with Gasteiger partial charge < -0.3 is 14.4 Å². The van der Waals surface area contributed by atoms with Crippen molar-refractivity contribution in [3.8, 4) is 21.9 Å². The summed E-state index contributed by atoms with van der Waals surface area (Å²) in [4.78, 5) is 3.77. The summed E-state index contributed by atoms with van der Waals surface area (Å²) < 4.78 is 12.1. The lowest BCUT2D eigenvalue weighted by atomic mass is 9.72. The predicted molar refractivity (Wildman–Crippen MR) is 188 cm³/mol. The zero-order chi connectivity index (χ0) is 30.1. The Hall–Kier alpha value is -3.50. The van der Waals surface area contributed by atoms with E-state index >= 15 is 0 Å². The topological polar surface area (TPSA) is 21.7 Å². The summed E-state index contributed by atoms with van der Waals surface area (Å²) in [6.45, 7) is 6.02. The van der Waals surface area contributed by atoms with Gasteiger partial charge in [-0.1, -0.05) is 76.7 Å². The lowest BCUT2D eigenvalue weighted by molar-refractivity contribution is 0.305. The third-order valence-corrected chi connectivity index (χ3v) is 10.2. The fraction of sp³-hybridized carbons (Fsp3) is 0.400. The molecule has 0 spiro atoms. The number of anilines is 3. The largest absolute Gasteiger partial charge is 0.494 e. The van der Waals surface area contributed by atoms with Gasteiger partial charge in [-0.2, -0.15) is 0 Å². The minimum Gasteiger partial charge on any atom is -0.494 e. The molecule has 0 saturated carbocycles. The smallest absolute Gasteiger partial charge is 0.119 e. The highest BCUT2D eigenvalue weighted by Crippen LogP contribution is 2.51. The predicted octanol–water partition coefficient (Wildman–Crippen LogP) is 12.3. The van der Waals surface area contributed by atoms with Crippen LogP contribution in [-0.2, 0) is 0 Å². The molecule has 4 heteroatoms. The summed E-state index contributed by atoms with van der Waals surface area (Å²) in [5.74, 6) is 3.05. The maximum Gasteiger partial charge on any atom is 0.119 e. The molecule has 2 atom stereocenters. The highest BCUT2D eigenvalue weighted by Gasteiger charge is 2.32. The molecular formula is C40H47NO2S. The standard InChI is InChI=1S/C40H47NO2S/c1-3-5-7-9-27-42-36-23-19-34(20-24-36)41(35-21-25-37(26-22-35)43-28-10-8-6-4-2)33-17-15-32(16-18-33)40-39-31-13-11-30(12-14-31)38(39)29-44-40/h11,13,15-26,29-31H,3-10,12,14,27-28H2,1-2H3. The highest BCUT2D eigenvalue weighted by molar-refractivity contribution is 7.14. The molecule has 2 unspecified atom stereocenters. The molecule has 230 valence electrons. The van der Waals surface area contributed by atoms with Crippen LogP contribution < -0.4 is 14.4 Å². The van der Waals surface area contributed by atoms with Gasteiger partial charge in [-0.3, -0.25) is 0 Å². The fourth-order valence-electron chi connectivity index (χ4n) is 6.62. The minimum atomic E-state index is 0.576. The molecule has 1 heterocycles. The van der Waals surface area contributed by atoms with Crippen LogP contribution in [0.15, 0.2) is 90.3 Å². The van der Waals surface area contributed by atoms with Crippen molar-refractivity contribution < 1.29 is 9.47 Å². The van der Waals surface area contributed by atoms with Crippen LogP contribution in [0, 0.1) is 0 Å². The third kappa shape index (κ3) is 7.07. The molecule has 3 aromatic carbocycles. The van der Waals surface area contributed by atoms with Crippen molar-refractivity contribution in [1.29, 1.82) is 0 Å². The molecule has 0 radical (unpaired) electrons. The first-order valence-corrected chi connectivity index (χ1v) is 17.8. The molecule has 0 N–H and O–H groups in total. The Kier molecular flexibility index (Phi) is 10.4. The Morgan fingerprint density at radius 3 is 1.61 bits per heavy atom. The lowest BCUT2D eigenvalue weighted by Crippen LogP contribution is -2.15. The van der Waals surface area contributed by atoms with E-state index in [9.17, 15) is 0 Å². The van der Waals surface area contributed by atoms with E-state index in [1.54, 1.807) is 11.1 Å². The van der Waals surface area contributed by atoms with Crippen molar-refractivity contribution >= 4 is 28.4 Å². The third-order valence-electron chi connectivity index (χ3n) is 9.10. The van der Waals surface area contributed by atoms with E-state index < -0.39 is 0 Å². The molecule has 0 aliphatic heterocycles. The second-order valence-electron chi connectivity index (χ2n) is 12.3. The molecule has 44 heavy (non-hydrogen) atoms. The first kappa shape index (κ1) is 30.5. The summed E-state index contributed by atoms with van der Waals surface area (Å²) in [7, 11) is 0. The van der Waals surface area contributed by atoms with E-state index in [-0.39, 0.29) is 0 Å². The highest BCUT2D eigenvalue weighted by atomic mass is 32.1. The first-order chi connectivity index (χ1) is 21.7. The van der Waals surface area contributed by atoms with Gasteiger partial charge in [0.15, 0.2) is 0 Å². The van der Waals surface area contributed by atoms with Gasteiger partial charge in [0.05, 0.1) is 13.2 Å². The summed E-state index contributed by atoms with van der Waals surface area (Å²) in [5.41, 5.74) is 7.82. The van der Waals surface area contributed by atoms with E-state index in [2.05, 4.69) is 109 Å². The maximum absolute atomic E-state index is 6.06. The van der Waals surface area contributed by atoms with Gasteiger partial charge in [0, 0.05) is 33.8 Å². The summed E-state index contributed by atoms with van der Waals surface area (Å²) in [6, 6.07) is 26.3. The van der Waals surface area contributed by atoms with Crippen molar-refractivity contribution in [3.63, 3.8) is 0 Å². The van der Waals surface area contributed by atoms with Gasteiger partial charge in [-0.05, 0) is 108 Å². The fourth-order valence-corrected chi connectivity index (χ4v) is 7.84. The number of nitrogens with zero attached hydrogens (tertiary/aromatic N) is 1. The number of hydrogen-bond acceptors (Lipinski definition) is 4. The number of benzene rings is 3. The Bertz CT molecular complexity index is 1430. The van der Waals surface area contributed by atoms with Crippen LogP contribution >= 0.6 is 11.3 Å². The molecule has 3 aliphatic rings. The van der Waals surface area contributed by atoms with Gasteiger partial charge in [0.1, 0.15) is 11.5 Å². The van der Waals surface area contributed by atoms with Gasteiger partial charge in [0.2, 0.25) is 0 Å². The number of rotatable bonds is 16. The van der Waals surface area contributed by atoms with Crippen molar-refractivity contribution in [1.82, 2.24) is 0 Å². The zero-order valence-corrected chi connectivity index (χ0v) is 27.3. The SMILES string of the molecule is CCCCCCOc1ccc(N(c2ccc(OCCCCCC)cc2)c2ccc(-c3scc4c3C3C=CC4CC3)cc2)cc1. The Balaban J connectivity index is 1.22. The van der Waals surface area contributed by atoms with Crippen LogP contribution in [0.3, 0.4) is 0 Å². The Morgan fingerprint density at radius 2 is 1.11 bits per heavy atom. The molecule has 7 rings (SSSR count). The number of hydrogen-bond donors (Lipinski definition) is 0. The molecule has 3 nitrogen and oxygen atoms in total. The monoisotopic (exact) mass is 605 g/mol. The van der Waals surface area contributed by atoms with E-state index in [1.165, 1.54) is 61.8 Å². The number of ether oxygens (including phenoxy) is 2. The molecule has 0 fully saturated rings. The van der Waals surface area contributed by atoms with E-state index in [1.807, 2.05) is 11.3 Å². The number of thiophene rings is 1. The molecule has 0 saturated heterocycles. The van der Waals surface area contributed by atoms with E-state index in [0.29, 0.717) is 11.8 Å². The Labute approximate surface area is 268 Å². The van der Waals surface area contributed by atoms with Crippen LogP contribution in [0.1, 0.15) is 101 Å². The van der Waals surface area contributed by atoms with Crippen molar-refractivity contribution in [2.45, 2.75) is 89.9 Å². The average Bonchev–Trinajstić information content (AvgIpc) is 3.55. The molecule has 4 aromatic rings. The van der Waals surface area contributed by atoms with Gasteiger partial charge >= 0.3 is 0 Å². The van der Waals surface area contributed by atoms with Crippen LogP contribution in [0.4, 0.5) is 17.1 Å². The van der Waals surface area contributed by atoms with Crippen molar-refractivity contribution in [2.75, 3.05) is 18.1 Å². The quantitative estimate of drug-likeness (QED) is 0.0936. The summed E-state index contributed by atoms with van der Waals surface area (Å²) >= 11 is 1.92. The summed E-state index contributed by atoms with van der Waals surface area (Å²) in [5, 5.41) is 2.41. The van der Waals surface area contributed by atoms with E-state index in [0.717, 1.165) is 54.6 Å². The van der Waals surface area contributed by atoms with Crippen LogP contribution in [0.5, 0.6) is 11.5 Å². The Morgan fingerprint density at radius 1 is 0.614 bits per heavy atom. The normalized spacial score (nSPS) is 16.6. The molecule has 1 aromatic heterocycles. The molecular weight excluding hydrogens is 559 g/mol. The number of unbranched alkanes of at least 4 members (excludes halogenated alkanes) is 6. The zero-order valence-electron chi connectivity index (χ0n) is 26.5. The number of allylic oxidation sites excluding steroid dienone is 2. The van der Waals surface area contributed by atoms with E-state index in [4.69, 9.17) is 9.47 Å². The second kappa shape index (κ2) is 15.0. The number of fused-ring (bicyclic) bond motifs is 1. The van der Waals surface area contributed by atoms with Gasteiger partial charge in [-0.15, -0.1) is 11.3 Å². The minimum absolute atomic E-state index is 0.576. The lowest BCUT2D eigenvalue weighted by Gasteiger charge is -2.32. The average molecular weight is 606 g/mol. The van der Waals surface area contributed by atoms with Crippen molar-refractivity contribution in [3.05, 3.63) is 101 Å². The van der Waals surface area contributed by atoms with Crippen LogP contribution in [0.2, 0.25) is 0 Å². The maximum atomic E-state index is 6.06. The summed E-state index contributed by atoms with van der Waals surface area (Å²) in [6.07, 6.45) is 17.1. The second-order valence-corrected chi connectivity index (χ2v) is 13.2. The molecule has 3 aliphatic carbocycles. The van der Waals surface area contributed by atoms with Crippen molar-refractivity contribution in [2.24, 2.45) is 0 Å². The first-order valence-electron chi connectivity index (χ1n) is 16.9. The molecule has 2 bridgehead atoms.